The zero-order valence-corrected chi connectivity index (χ0v) is 18.1. The van der Waals surface area contributed by atoms with Crippen molar-refractivity contribution >= 4 is 0 Å². The molecule has 0 atom stereocenters. The molecule has 0 bridgehead atoms. The molecule has 1 heterocycles. The molecule has 5 heteroatoms. The van der Waals surface area contributed by atoms with Crippen LogP contribution in [-0.4, -0.2) is 40.8 Å². The standard InChI is InChI=1S/C26H27N3O2/c1-28(2)16-21-11-7-8-12-22(21)17-29-18-27-25(19-9-5-4-6-10-19)26(29)20-13-14-23(30)24(15-20)31-3/h4-15,18,30H,16-17H2,1-3H3. The minimum atomic E-state index is 0.120. The molecule has 0 saturated heterocycles. The van der Waals surface area contributed by atoms with Crippen LogP contribution in [0, 0.1) is 0 Å². The lowest BCUT2D eigenvalue weighted by Gasteiger charge is -2.17. The molecule has 5 nitrogen and oxygen atoms in total. The fourth-order valence-corrected chi connectivity index (χ4v) is 3.83. The van der Waals surface area contributed by atoms with E-state index in [1.165, 1.54) is 11.1 Å². The number of aromatic nitrogens is 2. The van der Waals surface area contributed by atoms with E-state index >= 15 is 0 Å². The summed E-state index contributed by atoms with van der Waals surface area (Å²) in [4.78, 5) is 6.95. The van der Waals surface area contributed by atoms with Gasteiger partial charge in [0.25, 0.3) is 0 Å². The van der Waals surface area contributed by atoms with Crippen LogP contribution in [0.4, 0.5) is 0 Å². The normalized spacial score (nSPS) is 11.1. The van der Waals surface area contributed by atoms with Gasteiger partial charge in [-0.2, -0.15) is 0 Å². The SMILES string of the molecule is COc1cc(-c2c(-c3ccccc3)ncn2Cc2ccccc2CN(C)C)ccc1O. The highest BCUT2D eigenvalue weighted by molar-refractivity contribution is 5.79. The van der Waals surface area contributed by atoms with Crippen molar-refractivity contribution in [3.63, 3.8) is 0 Å². The lowest BCUT2D eigenvalue weighted by Crippen LogP contribution is -2.13. The number of methoxy groups -OCH3 is 1. The Hall–Kier alpha value is -3.57. The Morgan fingerprint density at radius 2 is 1.61 bits per heavy atom. The van der Waals surface area contributed by atoms with Gasteiger partial charge in [0.05, 0.1) is 24.8 Å². The summed E-state index contributed by atoms with van der Waals surface area (Å²) >= 11 is 0. The maximum Gasteiger partial charge on any atom is 0.161 e. The van der Waals surface area contributed by atoms with Gasteiger partial charge in [0, 0.05) is 24.2 Å². The molecule has 1 aromatic heterocycles. The lowest BCUT2D eigenvalue weighted by molar-refractivity contribution is 0.373. The second-order valence-corrected chi connectivity index (χ2v) is 7.83. The molecule has 0 amide bonds. The molecule has 0 radical (unpaired) electrons. The third-order valence-corrected chi connectivity index (χ3v) is 5.28. The number of ether oxygens (including phenoxy) is 1. The van der Waals surface area contributed by atoms with Crippen LogP contribution >= 0.6 is 0 Å². The van der Waals surface area contributed by atoms with Crippen molar-refractivity contribution in [3.8, 4) is 34.0 Å². The molecular weight excluding hydrogens is 386 g/mol. The van der Waals surface area contributed by atoms with Crippen molar-refractivity contribution in [2.45, 2.75) is 13.1 Å². The number of hydrogen-bond donors (Lipinski definition) is 1. The highest BCUT2D eigenvalue weighted by Crippen LogP contribution is 2.36. The summed E-state index contributed by atoms with van der Waals surface area (Å²) in [5.41, 5.74) is 6.42. The number of phenolic OH excluding ortho intramolecular Hbond substituents is 1. The second-order valence-electron chi connectivity index (χ2n) is 7.83. The molecule has 0 unspecified atom stereocenters. The molecule has 0 aliphatic carbocycles. The number of nitrogens with zero attached hydrogens (tertiary/aromatic N) is 3. The van der Waals surface area contributed by atoms with E-state index in [1.54, 1.807) is 13.2 Å². The van der Waals surface area contributed by atoms with Gasteiger partial charge in [-0.25, -0.2) is 4.98 Å². The molecule has 31 heavy (non-hydrogen) atoms. The van der Waals surface area contributed by atoms with Gasteiger partial charge in [-0.3, -0.25) is 0 Å². The van der Waals surface area contributed by atoms with Crippen LogP contribution < -0.4 is 4.74 Å². The van der Waals surface area contributed by atoms with Crippen LogP contribution in [0.15, 0.2) is 79.1 Å². The summed E-state index contributed by atoms with van der Waals surface area (Å²) in [6.45, 7) is 1.57. The molecule has 1 N–H and O–H groups in total. The number of imidazole rings is 1. The number of hydrogen-bond acceptors (Lipinski definition) is 4. The van der Waals surface area contributed by atoms with Crippen molar-refractivity contribution in [1.82, 2.24) is 14.5 Å². The minimum Gasteiger partial charge on any atom is -0.504 e. The van der Waals surface area contributed by atoms with Gasteiger partial charge in [-0.05, 0) is 43.4 Å². The molecule has 0 aliphatic heterocycles. The van der Waals surface area contributed by atoms with Crippen LogP contribution in [0.2, 0.25) is 0 Å². The Morgan fingerprint density at radius 3 is 2.32 bits per heavy atom. The summed E-state index contributed by atoms with van der Waals surface area (Å²) in [5, 5.41) is 10.1. The molecule has 158 valence electrons. The van der Waals surface area contributed by atoms with E-state index in [0.717, 1.165) is 29.1 Å². The monoisotopic (exact) mass is 413 g/mol. The minimum absolute atomic E-state index is 0.120. The first-order chi connectivity index (χ1) is 15.1. The number of phenols is 1. The van der Waals surface area contributed by atoms with Gasteiger partial charge in [-0.1, -0.05) is 54.6 Å². The van der Waals surface area contributed by atoms with Crippen molar-refractivity contribution < 1.29 is 9.84 Å². The van der Waals surface area contributed by atoms with Gasteiger partial charge in [0.2, 0.25) is 0 Å². The zero-order valence-electron chi connectivity index (χ0n) is 18.1. The molecular formula is C26H27N3O2. The molecule has 4 rings (SSSR count). The molecule has 0 spiro atoms. The van der Waals surface area contributed by atoms with E-state index in [4.69, 9.17) is 9.72 Å². The Kier molecular flexibility index (Phi) is 6.05. The number of aromatic hydroxyl groups is 1. The Labute approximate surface area is 183 Å². The van der Waals surface area contributed by atoms with E-state index in [1.807, 2.05) is 36.7 Å². The van der Waals surface area contributed by atoms with Crippen LogP contribution in [0.1, 0.15) is 11.1 Å². The summed E-state index contributed by atoms with van der Waals surface area (Å²) in [7, 11) is 5.72. The summed E-state index contributed by atoms with van der Waals surface area (Å²) in [6, 6.07) is 24.1. The molecule has 4 aromatic rings. The number of benzene rings is 3. The van der Waals surface area contributed by atoms with E-state index in [0.29, 0.717) is 12.3 Å². The topological polar surface area (TPSA) is 50.5 Å². The Bertz CT molecular complexity index is 1170. The van der Waals surface area contributed by atoms with Crippen LogP contribution in [0.25, 0.3) is 22.5 Å². The van der Waals surface area contributed by atoms with Crippen LogP contribution in [0.3, 0.4) is 0 Å². The first kappa shape index (κ1) is 20.7. The fourth-order valence-electron chi connectivity index (χ4n) is 3.83. The van der Waals surface area contributed by atoms with Gasteiger partial charge in [-0.15, -0.1) is 0 Å². The predicted octanol–water partition coefficient (Wildman–Crippen LogP) is 5.04. The quantitative estimate of drug-likeness (QED) is 0.461. The molecule has 3 aromatic carbocycles. The van der Waals surface area contributed by atoms with Crippen LogP contribution in [-0.2, 0) is 13.1 Å². The highest BCUT2D eigenvalue weighted by atomic mass is 16.5. The average molecular weight is 414 g/mol. The molecule has 0 fully saturated rings. The summed E-state index contributed by atoms with van der Waals surface area (Å²) in [6.07, 6.45) is 1.89. The predicted molar refractivity (Wildman–Crippen MR) is 124 cm³/mol. The van der Waals surface area contributed by atoms with Crippen molar-refractivity contribution in [2.24, 2.45) is 0 Å². The fraction of sp³-hybridized carbons (Fsp3) is 0.192. The van der Waals surface area contributed by atoms with E-state index in [9.17, 15) is 5.11 Å². The van der Waals surface area contributed by atoms with Gasteiger partial charge in [0.15, 0.2) is 11.5 Å². The molecule has 0 aliphatic rings. The Balaban J connectivity index is 1.84. The Morgan fingerprint density at radius 1 is 0.903 bits per heavy atom. The maximum absolute atomic E-state index is 10.1. The molecule has 0 saturated carbocycles. The van der Waals surface area contributed by atoms with Gasteiger partial charge in [0.1, 0.15) is 0 Å². The van der Waals surface area contributed by atoms with Crippen molar-refractivity contribution in [1.29, 1.82) is 0 Å². The smallest absolute Gasteiger partial charge is 0.161 e. The summed E-state index contributed by atoms with van der Waals surface area (Å²) < 4.78 is 7.53. The van der Waals surface area contributed by atoms with Gasteiger partial charge < -0.3 is 19.3 Å². The number of rotatable bonds is 7. The summed E-state index contributed by atoms with van der Waals surface area (Å²) in [5.74, 6) is 0.562. The van der Waals surface area contributed by atoms with Crippen molar-refractivity contribution in [3.05, 3.63) is 90.3 Å². The third kappa shape index (κ3) is 4.47. The first-order valence-corrected chi connectivity index (χ1v) is 10.3. The maximum atomic E-state index is 10.1. The van der Waals surface area contributed by atoms with Gasteiger partial charge >= 0.3 is 0 Å². The van der Waals surface area contributed by atoms with E-state index in [-0.39, 0.29) is 5.75 Å². The highest BCUT2D eigenvalue weighted by Gasteiger charge is 2.17. The largest absolute Gasteiger partial charge is 0.504 e. The third-order valence-electron chi connectivity index (χ3n) is 5.28. The zero-order chi connectivity index (χ0) is 21.8. The van der Waals surface area contributed by atoms with Crippen LogP contribution in [0.5, 0.6) is 11.5 Å². The second kappa shape index (κ2) is 9.06. The van der Waals surface area contributed by atoms with E-state index in [2.05, 4.69) is 60.0 Å². The average Bonchev–Trinajstić information content (AvgIpc) is 3.19. The lowest BCUT2D eigenvalue weighted by atomic mass is 10.0. The van der Waals surface area contributed by atoms with E-state index < -0.39 is 0 Å². The van der Waals surface area contributed by atoms with Crippen molar-refractivity contribution in [2.75, 3.05) is 21.2 Å². The first-order valence-electron chi connectivity index (χ1n) is 10.3.